The fourth-order valence-corrected chi connectivity index (χ4v) is 4.41. The van der Waals surface area contributed by atoms with Crippen molar-refractivity contribution in [1.82, 2.24) is 5.32 Å². The van der Waals surface area contributed by atoms with Crippen LogP contribution < -0.4 is 10.2 Å². The van der Waals surface area contributed by atoms with Crippen molar-refractivity contribution in [3.05, 3.63) is 52.4 Å². The monoisotopic (exact) mass is 432 g/mol. The Bertz CT molecular complexity index is 885. The number of anilines is 1. The zero-order valence-electron chi connectivity index (χ0n) is 16.8. The fourth-order valence-electron chi connectivity index (χ4n) is 3.32. The van der Waals surface area contributed by atoms with Crippen LogP contribution in [-0.2, 0) is 20.8 Å². The average molecular weight is 432 g/mol. The van der Waals surface area contributed by atoms with Gasteiger partial charge in [-0.2, -0.15) is 0 Å². The van der Waals surface area contributed by atoms with E-state index < -0.39 is 12.1 Å². The first-order chi connectivity index (χ1) is 14.5. The number of nitrogens with zero attached hydrogens (tertiary/aromatic N) is 1. The lowest BCUT2D eigenvalue weighted by atomic mass is 10.0. The number of ether oxygens (including phenoxy) is 3. The fraction of sp³-hybridized carbons (Fsp3) is 0.381. The summed E-state index contributed by atoms with van der Waals surface area (Å²) in [6.07, 6.45) is 0.510. The third-order valence-electron chi connectivity index (χ3n) is 4.94. The molecule has 160 valence electrons. The molecule has 1 aliphatic rings. The number of carbonyl (C=O) groups excluding carboxylic acids is 3. The van der Waals surface area contributed by atoms with Crippen molar-refractivity contribution in [2.75, 3.05) is 32.2 Å². The average Bonchev–Trinajstić information content (AvgIpc) is 3.22. The molecule has 30 heavy (non-hydrogen) atoms. The Morgan fingerprint density at radius 1 is 1.27 bits per heavy atom. The Morgan fingerprint density at radius 3 is 2.70 bits per heavy atom. The van der Waals surface area contributed by atoms with Crippen LogP contribution in [0.3, 0.4) is 0 Å². The Labute approximate surface area is 178 Å². The highest BCUT2D eigenvalue weighted by atomic mass is 32.1. The van der Waals surface area contributed by atoms with Crippen molar-refractivity contribution in [3.8, 4) is 0 Å². The number of hydrogen-bond acceptors (Lipinski definition) is 8. The van der Waals surface area contributed by atoms with E-state index in [4.69, 9.17) is 14.2 Å². The maximum Gasteiger partial charge on any atom is 0.407 e. The maximum absolute atomic E-state index is 12.2. The van der Waals surface area contributed by atoms with E-state index in [1.807, 2.05) is 35.2 Å². The van der Waals surface area contributed by atoms with Gasteiger partial charge in [0.05, 0.1) is 24.3 Å². The molecule has 1 aliphatic heterocycles. The van der Waals surface area contributed by atoms with Gasteiger partial charge in [0, 0.05) is 25.8 Å². The second-order valence-electron chi connectivity index (χ2n) is 6.80. The van der Waals surface area contributed by atoms with Gasteiger partial charge in [-0.3, -0.25) is 4.79 Å². The van der Waals surface area contributed by atoms with Crippen LogP contribution in [0.25, 0.3) is 0 Å². The Balaban J connectivity index is 1.59. The highest BCUT2D eigenvalue weighted by Crippen LogP contribution is 2.32. The summed E-state index contributed by atoms with van der Waals surface area (Å²) in [6.45, 7) is 1.33. The summed E-state index contributed by atoms with van der Waals surface area (Å²) in [5.74, 6) is -0.533. The first-order valence-corrected chi connectivity index (χ1v) is 10.3. The Kier molecular flexibility index (Phi) is 7.42. The lowest BCUT2D eigenvalue weighted by molar-refractivity contribution is 0.0547. The molecule has 0 saturated carbocycles. The molecule has 0 aliphatic carbocycles. The number of thiophene rings is 1. The molecule has 0 spiro atoms. The highest BCUT2D eigenvalue weighted by Gasteiger charge is 2.32. The molecule has 1 aromatic carbocycles. The van der Waals surface area contributed by atoms with Crippen LogP contribution in [0.4, 0.5) is 9.80 Å². The number of methoxy groups -OCH3 is 2. The topological polar surface area (TPSA) is 94.2 Å². The molecule has 2 unspecified atom stereocenters. The third-order valence-corrected chi connectivity index (χ3v) is 6.13. The molecule has 2 atom stereocenters. The van der Waals surface area contributed by atoms with E-state index in [9.17, 15) is 14.4 Å². The molecule has 1 amide bonds. The number of hydrogen-bond donors (Lipinski definition) is 1. The Morgan fingerprint density at radius 2 is 2.03 bits per heavy atom. The largest absolute Gasteiger partial charge is 0.465 e. The van der Waals surface area contributed by atoms with Crippen LogP contribution in [0.1, 0.15) is 32.0 Å². The second-order valence-corrected chi connectivity index (χ2v) is 7.83. The normalized spacial score (nSPS) is 18.5. The molecular formula is C21H24N2O6S. The summed E-state index contributed by atoms with van der Waals surface area (Å²) in [4.78, 5) is 37.7. The molecule has 1 fully saturated rings. The van der Waals surface area contributed by atoms with E-state index in [1.54, 1.807) is 13.2 Å². The minimum atomic E-state index is -0.533. The summed E-state index contributed by atoms with van der Waals surface area (Å²) in [6, 6.07) is 10.9. The van der Waals surface area contributed by atoms with Crippen molar-refractivity contribution in [1.29, 1.82) is 0 Å². The van der Waals surface area contributed by atoms with Crippen molar-refractivity contribution >= 4 is 34.7 Å². The minimum absolute atomic E-state index is 0.198. The minimum Gasteiger partial charge on any atom is -0.465 e. The number of rotatable bonds is 7. The van der Waals surface area contributed by atoms with Crippen LogP contribution in [0.2, 0.25) is 0 Å². The van der Waals surface area contributed by atoms with Gasteiger partial charge in [-0.15, -0.1) is 11.3 Å². The predicted molar refractivity (Wildman–Crippen MR) is 112 cm³/mol. The molecule has 8 nitrogen and oxygen atoms in total. The van der Waals surface area contributed by atoms with Crippen molar-refractivity contribution < 1.29 is 28.6 Å². The molecule has 2 aromatic rings. The molecule has 9 heteroatoms. The number of nitrogens with one attached hydrogen (secondary N) is 1. The van der Waals surface area contributed by atoms with Gasteiger partial charge in [-0.1, -0.05) is 30.3 Å². The summed E-state index contributed by atoms with van der Waals surface area (Å²) >= 11 is 1.21. The molecule has 2 heterocycles. The maximum atomic E-state index is 12.2. The SMILES string of the molecule is COC(=O)c1sc(N2CCC(NC(=O)OCc3ccccc3)C(OC)C2)cc1C=O. The van der Waals surface area contributed by atoms with Gasteiger partial charge in [0.1, 0.15) is 11.5 Å². The van der Waals surface area contributed by atoms with E-state index >= 15 is 0 Å². The van der Waals surface area contributed by atoms with Crippen LogP contribution in [0.5, 0.6) is 0 Å². The predicted octanol–water partition coefficient (Wildman–Crippen LogP) is 2.87. The first kappa shape index (κ1) is 21.8. The standard InChI is InChI=1S/C21H24N2O6S/c1-27-17-11-23(18-10-15(12-24)19(30-18)20(25)28-2)9-8-16(17)22-21(26)29-13-14-6-4-3-5-7-14/h3-7,10,12,16-17H,8-9,11,13H2,1-2H3,(H,22,26). The van der Waals surface area contributed by atoms with E-state index in [-0.39, 0.29) is 23.6 Å². The van der Waals surface area contributed by atoms with Crippen LogP contribution in [-0.4, -0.2) is 57.8 Å². The molecule has 1 saturated heterocycles. The summed E-state index contributed by atoms with van der Waals surface area (Å²) in [5, 5.41) is 3.66. The second kappa shape index (κ2) is 10.2. The summed E-state index contributed by atoms with van der Waals surface area (Å²) < 4.78 is 15.6. The van der Waals surface area contributed by atoms with E-state index in [0.717, 1.165) is 10.6 Å². The number of piperidine rings is 1. The van der Waals surface area contributed by atoms with Crippen molar-refractivity contribution in [2.24, 2.45) is 0 Å². The lowest BCUT2D eigenvalue weighted by Crippen LogP contribution is -2.54. The smallest absolute Gasteiger partial charge is 0.407 e. The number of aldehydes is 1. The lowest BCUT2D eigenvalue weighted by Gasteiger charge is -2.38. The number of alkyl carbamates (subject to hydrolysis) is 1. The van der Waals surface area contributed by atoms with Crippen LogP contribution in [0.15, 0.2) is 36.4 Å². The molecule has 0 radical (unpaired) electrons. The van der Waals surface area contributed by atoms with E-state index in [2.05, 4.69) is 5.32 Å². The van der Waals surface area contributed by atoms with E-state index in [1.165, 1.54) is 18.4 Å². The molecular weight excluding hydrogens is 408 g/mol. The summed E-state index contributed by atoms with van der Waals surface area (Å²) in [5.41, 5.74) is 1.22. The van der Waals surface area contributed by atoms with Gasteiger partial charge in [-0.25, -0.2) is 9.59 Å². The van der Waals surface area contributed by atoms with Crippen LogP contribution >= 0.6 is 11.3 Å². The quantitative estimate of drug-likeness (QED) is 0.531. The zero-order valence-corrected chi connectivity index (χ0v) is 17.6. The Hall–Kier alpha value is -2.91. The number of benzene rings is 1. The molecule has 1 aromatic heterocycles. The number of amides is 1. The first-order valence-electron chi connectivity index (χ1n) is 9.48. The number of carbonyl (C=O) groups is 3. The van der Waals surface area contributed by atoms with Crippen molar-refractivity contribution in [3.63, 3.8) is 0 Å². The molecule has 1 N–H and O–H groups in total. The van der Waals surface area contributed by atoms with Crippen LogP contribution in [0, 0.1) is 0 Å². The third kappa shape index (κ3) is 5.17. The van der Waals surface area contributed by atoms with Gasteiger partial charge in [-0.05, 0) is 18.1 Å². The summed E-state index contributed by atoms with van der Waals surface area (Å²) in [7, 11) is 2.87. The van der Waals surface area contributed by atoms with E-state index in [0.29, 0.717) is 31.4 Å². The van der Waals surface area contributed by atoms with Gasteiger partial charge in [0.15, 0.2) is 6.29 Å². The van der Waals surface area contributed by atoms with Crippen molar-refractivity contribution in [2.45, 2.75) is 25.2 Å². The van der Waals surface area contributed by atoms with Gasteiger partial charge in [0.25, 0.3) is 0 Å². The van der Waals surface area contributed by atoms with Gasteiger partial charge < -0.3 is 24.4 Å². The highest BCUT2D eigenvalue weighted by molar-refractivity contribution is 7.18. The molecule has 3 rings (SSSR count). The van der Waals surface area contributed by atoms with Gasteiger partial charge >= 0.3 is 12.1 Å². The number of esters is 1. The van der Waals surface area contributed by atoms with Gasteiger partial charge in [0.2, 0.25) is 0 Å². The zero-order chi connectivity index (χ0) is 21.5. The molecule has 0 bridgehead atoms.